The minimum Gasteiger partial charge on any atom is -0.299 e. The Kier molecular flexibility index (Phi) is 6.35. The van der Waals surface area contributed by atoms with Crippen LogP contribution >= 0.6 is 0 Å². The molecule has 1 heterocycles. The summed E-state index contributed by atoms with van der Waals surface area (Å²) in [6.07, 6.45) is 7.60. The van der Waals surface area contributed by atoms with Gasteiger partial charge in [-0.05, 0) is 72.6 Å². The van der Waals surface area contributed by atoms with E-state index in [1.807, 2.05) is 24.4 Å². The Hall–Kier alpha value is -2.53. The first-order valence-electron chi connectivity index (χ1n) is 9.63. The summed E-state index contributed by atoms with van der Waals surface area (Å²) in [6, 6.07) is 9.71. The number of unbranched alkanes of at least 4 members (excludes halogenated alkanes) is 1. The van der Waals surface area contributed by atoms with Crippen molar-refractivity contribution in [3.05, 3.63) is 64.5 Å². The van der Waals surface area contributed by atoms with Crippen molar-refractivity contribution in [1.29, 1.82) is 0 Å². The third-order valence-corrected chi connectivity index (χ3v) is 5.30. The van der Waals surface area contributed by atoms with Crippen LogP contribution in [-0.2, 0) is 24.1 Å². The fraction of sp³-hybridized carbons (Fsp3) is 0.409. The minimum atomic E-state index is -0.480. The van der Waals surface area contributed by atoms with E-state index in [4.69, 9.17) is 5.21 Å². The van der Waals surface area contributed by atoms with E-state index in [2.05, 4.69) is 18.0 Å². The molecule has 0 fully saturated rings. The van der Waals surface area contributed by atoms with Crippen LogP contribution in [0.25, 0.3) is 0 Å². The highest BCUT2D eigenvalue weighted by Crippen LogP contribution is 2.33. The van der Waals surface area contributed by atoms with E-state index in [1.54, 1.807) is 11.5 Å². The van der Waals surface area contributed by atoms with Gasteiger partial charge in [0.15, 0.2) is 0 Å². The van der Waals surface area contributed by atoms with Crippen molar-refractivity contribution in [2.24, 2.45) is 0 Å². The molecule has 3 rings (SSSR count). The van der Waals surface area contributed by atoms with Crippen molar-refractivity contribution >= 4 is 11.7 Å². The van der Waals surface area contributed by atoms with Gasteiger partial charge in [0.1, 0.15) is 5.78 Å². The monoisotopic (exact) mass is 366 g/mol. The van der Waals surface area contributed by atoms with Crippen LogP contribution in [0.5, 0.6) is 0 Å². The van der Waals surface area contributed by atoms with Gasteiger partial charge in [0.05, 0.1) is 0 Å². The average molecular weight is 366 g/mol. The van der Waals surface area contributed by atoms with Gasteiger partial charge in [-0.15, -0.1) is 0 Å². The molecule has 2 N–H and O–H groups in total. The predicted molar refractivity (Wildman–Crippen MR) is 103 cm³/mol. The second-order valence-electron chi connectivity index (χ2n) is 7.26. The highest BCUT2D eigenvalue weighted by molar-refractivity contribution is 5.93. The molecule has 0 saturated heterocycles. The summed E-state index contributed by atoms with van der Waals surface area (Å²) >= 11 is 0. The third-order valence-electron chi connectivity index (χ3n) is 5.30. The number of aryl methyl sites for hydroxylation is 1. The van der Waals surface area contributed by atoms with Crippen LogP contribution in [-0.4, -0.2) is 21.9 Å². The second kappa shape index (κ2) is 8.91. The van der Waals surface area contributed by atoms with E-state index < -0.39 is 5.91 Å². The van der Waals surface area contributed by atoms with Gasteiger partial charge in [-0.25, -0.2) is 5.48 Å². The molecule has 0 radical (unpaired) electrons. The lowest BCUT2D eigenvalue weighted by atomic mass is 9.79. The van der Waals surface area contributed by atoms with Crippen LogP contribution < -0.4 is 5.48 Å². The first-order valence-corrected chi connectivity index (χ1v) is 9.63. The molecule has 1 amide bonds. The van der Waals surface area contributed by atoms with Gasteiger partial charge in [0.2, 0.25) is 0 Å². The highest BCUT2D eigenvalue weighted by atomic mass is 16.5. The molecule has 1 aliphatic rings. The first-order chi connectivity index (χ1) is 13.1. The van der Waals surface area contributed by atoms with E-state index in [0.29, 0.717) is 24.3 Å². The molecular weight excluding hydrogens is 340 g/mol. The van der Waals surface area contributed by atoms with Crippen LogP contribution in [0.2, 0.25) is 0 Å². The standard InChI is InChI=1S/C22H26N2O3/c1-2-3-4-21(25)14-20-13-18(9-10-23-20)16-5-6-17-12-19(22(26)24-27)8-7-15(17)11-16/h7-10,12-13,16,27H,2-6,11,14H2,1H3,(H,24,26). The van der Waals surface area contributed by atoms with Crippen LogP contribution in [0.4, 0.5) is 0 Å². The molecule has 1 aliphatic carbocycles. The minimum absolute atomic E-state index is 0.255. The number of hydrogen-bond acceptors (Lipinski definition) is 4. The molecule has 0 spiro atoms. The highest BCUT2D eigenvalue weighted by Gasteiger charge is 2.22. The van der Waals surface area contributed by atoms with Crippen molar-refractivity contribution in [3.8, 4) is 0 Å². The second-order valence-corrected chi connectivity index (χ2v) is 7.26. The number of hydrogen-bond donors (Lipinski definition) is 2. The Morgan fingerprint density at radius 2 is 2.07 bits per heavy atom. The number of hydroxylamine groups is 1. The van der Waals surface area contributed by atoms with Crippen LogP contribution in [0, 0.1) is 0 Å². The van der Waals surface area contributed by atoms with Gasteiger partial charge in [0.25, 0.3) is 5.91 Å². The topological polar surface area (TPSA) is 79.3 Å². The zero-order chi connectivity index (χ0) is 19.2. The summed E-state index contributed by atoms with van der Waals surface area (Å²) in [6.45, 7) is 2.09. The van der Waals surface area contributed by atoms with Gasteiger partial charge >= 0.3 is 0 Å². The molecule has 1 aromatic carbocycles. The fourth-order valence-electron chi connectivity index (χ4n) is 3.76. The van der Waals surface area contributed by atoms with E-state index in [1.165, 1.54) is 11.1 Å². The number of nitrogens with zero attached hydrogens (tertiary/aromatic N) is 1. The summed E-state index contributed by atoms with van der Waals surface area (Å²) in [5.74, 6) is 0.166. The fourth-order valence-corrected chi connectivity index (χ4v) is 3.76. The molecular formula is C22H26N2O3. The molecule has 2 aromatic rings. The normalized spacial score (nSPS) is 15.9. The molecule has 0 aliphatic heterocycles. The van der Waals surface area contributed by atoms with Crippen molar-refractivity contribution < 1.29 is 14.8 Å². The maximum Gasteiger partial charge on any atom is 0.274 e. The lowest BCUT2D eigenvalue weighted by molar-refractivity contribution is -0.118. The number of pyridine rings is 1. The Bertz CT molecular complexity index is 832. The SMILES string of the molecule is CCCCC(=O)Cc1cc(C2CCc3cc(C(=O)NO)ccc3C2)ccn1. The summed E-state index contributed by atoms with van der Waals surface area (Å²) in [7, 11) is 0. The number of ketones is 1. The lowest BCUT2D eigenvalue weighted by Gasteiger charge is -2.25. The number of amides is 1. The van der Waals surface area contributed by atoms with Crippen LogP contribution in [0.1, 0.15) is 71.3 Å². The van der Waals surface area contributed by atoms with Gasteiger partial charge < -0.3 is 0 Å². The van der Waals surface area contributed by atoms with Crippen LogP contribution in [0.3, 0.4) is 0 Å². The molecule has 1 aromatic heterocycles. The number of carbonyl (C=O) groups is 2. The average Bonchev–Trinajstić information content (AvgIpc) is 2.71. The van der Waals surface area contributed by atoms with E-state index in [0.717, 1.165) is 43.4 Å². The Morgan fingerprint density at radius 1 is 1.22 bits per heavy atom. The smallest absolute Gasteiger partial charge is 0.274 e. The molecule has 27 heavy (non-hydrogen) atoms. The van der Waals surface area contributed by atoms with E-state index in [9.17, 15) is 9.59 Å². The Labute approximate surface area is 159 Å². The Morgan fingerprint density at radius 3 is 2.85 bits per heavy atom. The largest absolute Gasteiger partial charge is 0.299 e. The quantitative estimate of drug-likeness (QED) is 0.577. The number of fused-ring (bicyclic) bond motifs is 1. The molecule has 142 valence electrons. The molecule has 5 heteroatoms. The van der Waals surface area contributed by atoms with E-state index in [-0.39, 0.29) is 5.78 Å². The molecule has 5 nitrogen and oxygen atoms in total. The van der Waals surface area contributed by atoms with Gasteiger partial charge in [-0.2, -0.15) is 0 Å². The van der Waals surface area contributed by atoms with Gasteiger partial charge in [0, 0.05) is 30.3 Å². The summed E-state index contributed by atoms with van der Waals surface area (Å²) in [5, 5.41) is 8.79. The van der Waals surface area contributed by atoms with Crippen molar-refractivity contribution in [3.63, 3.8) is 0 Å². The number of aromatic nitrogens is 1. The predicted octanol–water partition coefficient (Wildman–Crippen LogP) is 3.77. The third kappa shape index (κ3) is 4.80. The molecule has 1 atom stereocenters. The van der Waals surface area contributed by atoms with E-state index >= 15 is 0 Å². The summed E-state index contributed by atoms with van der Waals surface area (Å²) < 4.78 is 0. The summed E-state index contributed by atoms with van der Waals surface area (Å²) in [4.78, 5) is 28.0. The first kappa shape index (κ1) is 19.2. The zero-order valence-corrected chi connectivity index (χ0v) is 15.7. The molecule has 0 bridgehead atoms. The van der Waals surface area contributed by atoms with Crippen molar-refractivity contribution in [1.82, 2.24) is 10.5 Å². The Balaban J connectivity index is 1.71. The van der Waals surface area contributed by atoms with Crippen LogP contribution in [0.15, 0.2) is 36.5 Å². The number of nitrogens with one attached hydrogen (secondary N) is 1. The summed E-state index contributed by atoms with van der Waals surface area (Å²) in [5.41, 5.74) is 6.64. The molecule has 0 saturated carbocycles. The number of rotatable bonds is 7. The maximum absolute atomic E-state index is 12.0. The van der Waals surface area contributed by atoms with Crippen molar-refractivity contribution in [2.75, 3.05) is 0 Å². The molecule has 1 unspecified atom stereocenters. The number of Topliss-reactive ketones (excluding diaryl/α,β-unsaturated/α-hetero) is 1. The number of carbonyl (C=O) groups excluding carboxylic acids is 2. The zero-order valence-electron chi connectivity index (χ0n) is 15.7. The number of benzene rings is 1. The van der Waals surface area contributed by atoms with Gasteiger partial charge in [-0.3, -0.25) is 19.8 Å². The maximum atomic E-state index is 12.0. The van der Waals surface area contributed by atoms with Gasteiger partial charge in [-0.1, -0.05) is 19.4 Å². The lowest BCUT2D eigenvalue weighted by Crippen LogP contribution is -2.20. The van der Waals surface area contributed by atoms with Crippen molar-refractivity contribution in [2.45, 2.75) is 57.8 Å².